The Kier molecular flexibility index (Phi) is 9.28. The number of rotatable bonds is 10. The molecule has 9 heteroatoms. The van der Waals surface area contributed by atoms with Crippen LogP contribution >= 0.6 is 0 Å². The van der Waals surface area contributed by atoms with E-state index in [0.29, 0.717) is 34.8 Å². The molecule has 0 heterocycles. The van der Waals surface area contributed by atoms with E-state index in [-0.39, 0.29) is 36.2 Å². The molecule has 0 aromatic heterocycles. The van der Waals surface area contributed by atoms with Gasteiger partial charge in [-0.25, -0.2) is 0 Å². The summed E-state index contributed by atoms with van der Waals surface area (Å²) in [5.74, 6) is 0.0155. The van der Waals surface area contributed by atoms with Crippen molar-refractivity contribution in [1.29, 1.82) is 10.5 Å². The van der Waals surface area contributed by atoms with E-state index < -0.39 is 5.41 Å². The molecule has 0 bridgehead atoms. The first-order valence-electron chi connectivity index (χ1n) is 11.9. The van der Waals surface area contributed by atoms with Crippen molar-refractivity contribution in [1.82, 2.24) is 0 Å². The molecule has 0 aliphatic rings. The van der Waals surface area contributed by atoms with Crippen LogP contribution in [-0.2, 0) is 9.53 Å². The number of azo groups is 1. The Hall–Kier alpha value is -5.02. The van der Waals surface area contributed by atoms with Crippen LogP contribution in [0.3, 0.4) is 0 Å². The Morgan fingerprint density at radius 1 is 0.868 bits per heavy atom. The van der Waals surface area contributed by atoms with Gasteiger partial charge >= 0.3 is 5.97 Å². The number of carbonyl (C=O) groups is 2. The topological polar surface area (TPSA) is 137 Å². The minimum Gasteiger partial charge on any atom is -0.490 e. The van der Waals surface area contributed by atoms with Gasteiger partial charge in [-0.2, -0.15) is 20.8 Å². The van der Waals surface area contributed by atoms with Gasteiger partial charge in [0, 0.05) is 11.3 Å². The van der Waals surface area contributed by atoms with Crippen molar-refractivity contribution in [2.24, 2.45) is 15.6 Å². The third kappa shape index (κ3) is 7.49. The zero-order chi connectivity index (χ0) is 27.5. The van der Waals surface area contributed by atoms with Crippen molar-refractivity contribution < 1.29 is 19.1 Å². The van der Waals surface area contributed by atoms with Gasteiger partial charge in [0.25, 0.3) is 5.91 Å². The fourth-order valence-corrected chi connectivity index (χ4v) is 3.05. The Balaban J connectivity index is 1.50. The third-order valence-electron chi connectivity index (χ3n) is 5.79. The molecule has 192 valence electrons. The highest BCUT2D eigenvalue weighted by Gasteiger charge is 2.26. The first-order valence-corrected chi connectivity index (χ1v) is 11.9. The van der Waals surface area contributed by atoms with Gasteiger partial charge in [0.1, 0.15) is 31.1 Å². The van der Waals surface area contributed by atoms with Crippen molar-refractivity contribution in [2.45, 2.75) is 27.2 Å². The molecule has 0 spiro atoms. The fraction of sp³-hybridized carbons (Fsp3) is 0.241. The van der Waals surface area contributed by atoms with Gasteiger partial charge in [-0.3, -0.25) is 9.59 Å². The smallest absolute Gasteiger partial charge is 0.311 e. The van der Waals surface area contributed by atoms with Gasteiger partial charge < -0.3 is 14.8 Å². The first kappa shape index (κ1) is 27.6. The summed E-state index contributed by atoms with van der Waals surface area (Å²) in [5, 5.41) is 29.2. The summed E-state index contributed by atoms with van der Waals surface area (Å²) in [4.78, 5) is 24.6. The molecule has 0 saturated heterocycles. The quantitative estimate of drug-likeness (QED) is 0.189. The minimum absolute atomic E-state index is 0.147. The Labute approximate surface area is 221 Å². The second-order valence-electron chi connectivity index (χ2n) is 8.90. The van der Waals surface area contributed by atoms with Gasteiger partial charge in [-0.05, 0) is 87.0 Å². The number of amides is 1. The number of benzene rings is 3. The average molecular weight is 510 g/mol. The highest BCUT2D eigenvalue weighted by Crippen LogP contribution is 2.23. The molecule has 0 atom stereocenters. The molecule has 9 nitrogen and oxygen atoms in total. The van der Waals surface area contributed by atoms with E-state index in [1.807, 2.05) is 32.9 Å². The first-order chi connectivity index (χ1) is 18.2. The molecule has 0 unspecified atom stereocenters. The van der Waals surface area contributed by atoms with Crippen LogP contribution in [0.5, 0.6) is 5.75 Å². The number of esters is 1. The molecule has 0 radical (unpaired) electrons. The molecule has 1 amide bonds. The summed E-state index contributed by atoms with van der Waals surface area (Å²) in [6, 6.07) is 22.0. The molecule has 0 aliphatic heterocycles. The lowest BCUT2D eigenvalue weighted by Crippen LogP contribution is -2.27. The molecular weight excluding hydrogens is 482 g/mol. The largest absolute Gasteiger partial charge is 0.490 e. The van der Waals surface area contributed by atoms with Crippen molar-refractivity contribution in [2.75, 3.05) is 18.5 Å². The van der Waals surface area contributed by atoms with Crippen LogP contribution in [0.15, 0.2) is 77.0 Å². The van der Waals surface area contributed by atoms with Crippen LogP contribution in [0.1, 0.15) is 48.7 Å². The minimum atomic E-state index is -0.519. The third-order valence-corrected chi connectivity index (χ3v) is 5.79. The number of nitrogens with one attached hydrogen (secondary N) is 1. The van der Waals surface area contributed by atoms with Crippen molar-refractivity contribution in [3.05, 3.63) is 83.4 Å². The molecular formula is C29H27N5O4. The maximum Gasteiger partial charge on any atom is 0.311 e. The summed E-state index contributed by atoms with van der Waals surface area (Å²) in [6.45, 7) is 5.97. The van der Waals surface area contributed by atoms with E-state index in [0.717, 1.165) is 0 Å². The van der Waals surface area contributed by atoms with Crippen LogP contribution in [-0.4, -0.2) is 25.1 Å². The second-order valence-corrected chi connectivity index (χ2v) is 8.90. The van der Waals surface area contributed by atoms with Crippen LogP contribution in [0.2, 0.25) is 0 Å². The van der Waals surface area contributed by atoms with Crippen molar-refractivity contribution in [3.63, 3.8) is 0 Å². The van der Waals surface area contributed by atoms with Crippen LogP contribution in [0, 0.1) is 28.1 Å². The lowest BCUT2D eigenvalue weighted by atomic mass is 9.91. The molecule has 3 aromatic carbocycles. The van der Waals surface area contributed by atoms with Gasteiger partial charge in [0.05, 0.1) is 27.9 Å². The number of hydrogen-bond donors (Lipinski definition) is 1. The maximum atomic E-state index is 12.6. The number of ether oxygens (including phenoxy) is 2. The summed E-state index contributed by atoms with van der Waals surface area (Å²) >= 11 is 0. The van der Waals surface area contributed by atoms with E-state index in [2.05, 4.69) is 15.5 Å². The van der Waals surface area contributed by atoms with E-state index in [9.17, 15) is 9.59 Å². The second kappa shape index (κ2) is 12.8. The fourth-order valence-electron chi connectivity index (χ4n) is 3.05. The number of hydrogen-bond acceptors (Lipinski definition) is 8. The van der Waals surface area contributed by atoms with E-state index in [1.165, 1.54) is 12.1 Å². The molecule has 3 aromatic rings. The summed E-state index contributed by atoms with van der Waals surface area (Å²) in [6.07, 6.45) is 0.691. The Morgan fingerprint density at radius 3 is 2.13 bits per heavy atom. The summed E-state index contributed by atoms with van der Waals surface area (Å²) in [5.41, 5.74) is 2.03. The van der Waals surface area contributed by atoms with Crippen molar-refractivity contribution in [3.8, 4) is 17.9 Å². The highest BCUT2D eigenvalue weighted by atomic mass is 16.6. The maximum absolute atomic E-state index is 12.6. The van der Waals surface area contributed by atoms with Crippen molar-refractivity contribution >= 4 is 28.9 Å². The lowest BCUT2D eigenvalue weighted by Gasteiger charge is -2.20. The summed E-state index contributed by atoms with van der Waals surface area (Å²) < 4.78 is 10.8. The summed E-state index contributed by atoms with van der Waals surface area (Å²) in [7, 11) is 0. The standard InChI is InChI=1S/C29H27N5O4/c1-4-29(2,3)28(36)38-16-15-37-26-13-6-20(7-14-26)27(35)32-23-9-11-24(12-10-23)33-34-25-8-5-21(18-30)22(17-25)19-31/h5-14,17H,4,15-16H2,1-3H3,(H,32,35). The average Bonchev–Trinajstić information content (AvgIpc) is 2.94. The number of carbonyl (C=O) groups excluding carboxylic acids is 2. The van der Waals surface area contributed by atoms with Crippen LogP contribution < -0.4 is 10.1 Å². The van der Waals surface area contributed by atoms with Gasteiger partial charge in [0.15, 0.2) is 0 Å². The zero-order valence-electron chi connectivity index (χ0n) is 21.4. The highest BCUT2D eigenvalue weighted by molar-refractivity contribution is 6.04. The molecule has 38 heavy (non-hydrogen) atoms. The van der Waals surface area contributed by atoms with E-state index in [1.54, 1.807) is 54.6 Å². The SMILES string of the molecule is CCC(C)(C)C(=O)OCCOc1ccc(C(=O)Nc2ccc(N=Nc3ccc(C#N)c(C#N)c3)cc2)cc1. The van der Waals surface area contributed by atoms with E-state index in [4.69, 9.17) is 20.0 Å². The van der Waals surface area contributed by atoms with Gasteiger partial charge in [0.2, 0.25) is 0 Å². The predicted octanol–water partition coefficient (Wildman–Crippen LogP) is 6.46. The van der Waals surface area contributed by atoms with Gasteiger partial charge in [-0.1, -0.05) is 6.92 Å². The zero-order valence-corrected chi connectivity index (χ0v) is 21.4. The normalized spacial score (nSPS) is 10.9. The Bertz CT molecular complexity index is 1400. The number of nitriles is 2. The monoisotopic (exact) mass is 509 g/mol. The van der Waals surface area contributed by atoms with Gasteiger partial charge in [-0.15, -0.1) is 0 Å². The molecule has 0 fully saturated rings. The van der Waals surface area contributed by atoms with Crippen LogP contribution in [0.25, 0.3) is 0 Å². The molecule has 0 saturated carbocycles. The molecule has 0 aliphatic carbocycles. The number of nitrogens with zero attached hydrogens (tertiary/aromatic N) is 4. The Morgan fingerprint density at radius 2 is 1.50 bits per heavy atom. The van der Waals surface area contributed by atoms with Crippen LogP contribution in [0.4, 0.5) is 17.1 Å². The number of anilines is 1. The molecule has 1 N–H and O–H groups in total. The predicted molar refractivity (Wildman–Crippen MR) is 141 cm³/mol. The van der Waals surface area contributed by atoms with E-state index >= 15 is 0 Å². The lowest BCUT2D eigenvalue weighted by molar-refractivity contribution is -0.154. The molecule has 3 rings (SSSR count).